The van der Waals surface area contributed by atoms with Crippen molar-refractivity contribution >= 4 is 17.6 Å². The van der Waals surface area contributed by atoms with Crippen LogP contribution in [0.2, 0.25) is 0 Å². The lowest BCUT2D eigenvalue weighted by Gasteiger charge is -2.31. The average molecular weight is 361 g/mol. The van der Waals surface area contributed by atoms with E-state index in [0.717, 1.165) is 24.5 Å². The van der Waals surface area contributed by atoms with Crippen LogP contribution in [0, 0.1) is 24.0 Å². The summed E-state index contributed by atoms with van der Waals surface area (Å²) in [6.07, 6.45) is 3.33. The number of hydrogen-bond donors (Lipinski definition) is 0. The molecule has 0 bridgehead atoms. The topological polar surface area (TPSA) is 44.7 Å². The lowest BCUT2D eigenvalue weighted by molar-refractivity contribution is 0.194. The molecule has 4 rings (SSSR count). The molecule has 1 fully saturated rings. The van der Waals surface area contributed by atoms with E-state index in [1.165, 1.54) is 6.07 Å². The molecule has 1 heterocycles. The predicted molar refractivity (Wildman–Crippen MR) is 92.3 cm³/mol. The van der Waals surface area contributed by atoms with Crippen molar-refractivity contribution in [2.24, 2.45) is 9.81 Å². The maximum absolute atomic E-state index is 14.4. The number of aryl methyl sites for hydroxylation is 1. The highest BCUT2D eigenvalue weighted by Gasteiger charge is 2.54. The van der Waals surface area contributed by atoms with Crippen molar-refractivity contribution in [3.05, 3.63) is 59.2 Å². The molecule has 2 aromatic rings. The van der Waals surface area contributed by atoms with Crippen molar-refractivity contribution in [3.63, 3.8) is 0 Å². The molecule has 0 saturated heterocycles. The molecule has 0 N–H and O–H groups in total. The zero-order valence-corrected chi connectivity index (χ0v) is 14.5. The van der Waals surface area contributed by atoms with Gasteiger partial charge in [0.05, 0.1) is 12.8 Å². The van der Waals surface area contributed by atoms with Crippen LogP contribution in [0.25, 0.3) is 0 Å². The summed E-state index contributed by atoms with van der Waals surface area (Å²) >= 11 is -1.55. The fourth-order valence-corrected chi connectivity index (χ4v) is 4.00. The molecule has 0 aromatic heterocycles. The van der Waals surface area contributed by atoms with E-state index in [2.05, 4.69) is 4.40 Å². The SMILES string of the molecule is Cc1ccc([S+]([O-])N=CC2c3c(F)cc(F)cc3OCC23CC3)cc1. The van der Waals surface area contributed by atoms with E-state index < -0.39 is 23.0 Å². The molecule has 1 saturated carbocycles. The molecule has 1 aliphatic heterocycles. The van der Waals surface area contributed by atoms with E-state index >= 15 is 0 Å². The second-order valence-electron chi connectivity index (χ2n) is 6.74. The molecule has 2 aromatic carbocycles. The van der Waals surface area contributed by atoms with Gasteiger partial charge in [-0.15, -0.1) is 0 Å². The summed E-state index contributed by atoms with van der Waals surface area (Å²) in [6.45, 7) is 2.35. The average Bonchev–Trinajstić information content (AvgIpc) is 3.35. The third-order valence-electron chi connectivity index (χ3n) is 4.96. The fourth-order valence-electron chi connectivity index (χ4n) is 3.28. The normalized spacial score (nSPS) is 21.8. The number of halogens is 2. The van der Waals surface area contributed by atoms with Crippen LogP contribution in [-0.2, 0) is 11.4 Å². The summed E-state index contributed by atoms with van der Waals surface area (Å²) in [5, 5.41) is 0. The Balaban J connectivity index is 1.66. The summed E-state index contributed by atoms with van der Waals surface area (Å²) < 4.78 is 50.0. The zero-order valence-electron chi connectivity index (χ0n) is 13.7. The van der Waals surface area contributed by atoms with Crippen LogP contribution in [0.5, 0.6) is 5.75 Å². The number of fused-ring (bicyclic) bond motifs is 1. The Labute approximate surface area is 148 Å². The number of benzene rings is 2. The molecule has 130 valence electrons. The van der Waals surface area contributed by atoms with Crippen LogP contribution in [0.3, 0.4) is 0 Å². The lowest BCUT2D eigenvalue weighted by atomic mass is 9.82. The van der Waals surface area contributed by atoms with E-state index in [1.54, 1.807) is 18.3 Å². The van der Waals surface area contributed by atoms with Crippen LogP contribution < -0.4 is 4.74 Å². The van der Waals surface area contributed by atoms with Gasteiger partial charge >= 0.3 is 0 Å². The van der Waals surface area contributed by atoms with Gasteiger partial charge in [0.15, 0.2) is 4.90 Å². The first-order valence-electron chi connectivity index (χ1n) is 8.13. The van der Waals surface area contributed by atoms with E-state index in [1.807, 2.05) is 19.1 Å². The fraction of sp³-hybridized carbons (Fsp3) is 0.316. The Kier molecular flexibility index (Phi) is 4.04. The third-order valence-corrected chi connectivity index (χ3v) is 5.95. The van der Waals surface area contributed by atoms with Gasteiger partial charge < -0.3 is 9.29 Å². The minimum absolute atomic E-state index is 0.215. The van der Waals surface area contributed by atoms with Crippen molar-refractivity contribution < 1.29 is 18.1 Å². The Bertz CT molecular complexity index is 834. The largest absolute Gasteiger partial charge is 0.586 e. The van der Waals surface area contributed by atoms with Gasteiger partial charge in [-0.25, -0.2) is 8.78 Å². The van der Waals surface area contributed by atoms with E-state index in [9.17, 15) is 13.3 Å². The Morgan fingerprint density at radius 3 is 2.64 bits per heavy atom. The highest BCUT2D eigenvalue weighted by molar-refractivity contribution is 7.90. The quantitative estimate of drug-likeness (QED) is 0.604. The standard InChI is InChI=1S/C19H17F2NO2S/c1-12-2-4-14(5-3-12)25(23)22-10-15-18-16(21)8-13(20)9-17(18)24-11-19(15)6-7-19/h2-5,8-10,15H,6-7,11H2,1H3. The van der Waals surface area contributed by atoms with Gasteiger partial charge in [0.2, 0.25) is 0 Å². The van der Waals surface area contributed by atoms with E-state index in [-0.39, 0.29) is 17.1 Å². The zero-order chi connectivity index (χ0) is 17.6. The number of nitrogens with zero attached hydrogens (tertiary/aromatic N) is 1. The maximum Gasteiger partial charge on any atom is 0.182 e. The second-order valence-corrected chi connectivity index (χ2v) is 7.93. The molecule has 25 heavy (non-hydrogen) atoms. The van der Waals surface area contributed by atoms with E-state index in [4.69, 9.17) is 4.74 Å². The summed E-state index contributed by atoms with van der Waals surface area (Å²) in [5.74, 6) is -1.45. The lowest BCUT2D eigenvalue weighted by Crippen LogP contribution is -2.29. The minimum atomic E-state index is -1.55. The Morgan fingerprint density at radius 1 is 1.24 bits per heavy atom. The highest BCUT2D eigenvalue weighted by Crippen LogP contribution is 2.59. The molecule has 1 spiro atoms. The van der Waals surface area contributed by atoms with Gasteiger partial charge in [-0.1, -0.05) is 22.1 Å². The van der Waals surface area contributed by atoms with Gasteiger partial charge in [0, 0.05) is 29.0 Å². The smallest absolute Gasteiger partial charge is 0.182 e. The van der Waals surface area contributed by atoms with Gasteiger partial charge in [0.25, 0.3) is 0 Å². The van der Waals surface area contributed by atoms with Crippen molar-refractivity contribution in [2.75, 3.05) is 6.61 Å². The van der Waals surface area contributed by atoms with Crippen molar-refractivity contribution in [1.82, 2.24) is 0 Å². The van der Waals surface area contributed by atoms with Crippen molar-refractivity contribution in [3.8, 4) is 5.75 Å². The molecule has 0 amide bonds. The van der Waals surface area contributed by atoms with E-state index in [0.29, 0.717) is 17.1 Å². The molecular formula is C19H17F2NO2S. The van der Waals surface area contributed by atoms with Crippen molar-refractivity contribution in [1.29, 1.82) is 0 Å². The molecule has 2 atom stereocenters. The predicted octanol–water partition coefficient (Wildman–Crippen LogP) is 4.32. The first kappa shape index (κ1) is 16.5. The Hall–Kier alpha value is -1.92. The Morgan fingerprint density at radius 2 is 1.96 bits per heavy atom. The molecule has 2 aliphatic rings. The summed E-state index contributed by atoms with van der Waals surface area (Å²) in [4.78, 5) is 0.596. The molecule has 3 nitrogen and oxygen atoms in total. The van der Waals surface area contributed by atoms with Crippen LogP contribution in [0.15, 0.2) is 45.7 Å². The molecule has 6 heteroatoms. The molecule has 0 radical (unpaired) electrons. The van der Waals surface area contributed by atoms with Gasteiger partial charge in [-0.2, -0.15) is 0 Å². The number of hydrogen-bond acceptors (Lipinski definition) is 3. The molecule has 1 aliphatic carbocycles. The first-order valence-corrected chi connectivity index (χ1v) is 9.24. The first-order chi connectivity index (χ1) is 12.0. The monoisotopic (exact) mass is 361 g/mol. The molecular weight excluding hydrogens is 344 g/mol. The summed E-state index contributed by atoms with van der Waals surface area (Å²) in [7, 11) is 0. The van der Waals surface area contributed by atoms with Gasteiger partial charge in [-0.3, -0.25) is 0 Å². The van der Waals surface area contributed by atoms with Crippen LogP contribution in [-0.4, -0.2) is 17.4 Å². The summed E-state index contributed by atoms with van der Waals surface area (Å²) in [6, 6.07) is 9.34. The molecule has 2 unspecified atom stereocenters. The maximum atomic E-state index is 14.4. The second kappa shape index (κ2) is 6.11. The van der Waals surface area contributed by atoms with Crippen LogP contribution >= 0.6 is 0 Å². The van der Waals surface area contributed by atoms with Crippen molar-refractivity contribution in [2.45, 2.75) is 30.6 Å². The number of rotatable bonds is 3. The van der Waals surface area contributed by atoms with Crippen LogP contribution in [0.4, 0.5) is 8.78 Å². The van der Waals surface area contributed by atoms with Gasteiger partial charge in [0.1, 0.15) is 28.7 Å². The third kappa shape index (κ3) is 3.04. The van der Waals surface area contributed by atoms with Gasteiger partial charge in [-0.05, 0) is 31.9 Å². The number of ether oxygens (including phenoxy) is 1. The highest BCUT2D eigenvalue weighted by atomic mass is 32.2. The summed E-state index contributed by atoms with van der Waals surface area (Å²) in [5.41, 5.74) is 1.17. The minimum Gasteiger partial charge on any atom is -0.586 e. The van der Waals surface area contributed by atoms with Crippen LogP contribution in [0.1, 0.15) is 29.9 Å².